The minimum atomic E-state index is -2.12. The number of likely N-dealkylation sites (N-methyl/N-ethyl adjacent to an activating group) is 1. The fourth-order valence-corrected chi connectivity index (χ4v) is 6.50. The lowest BCUT2D eigenvalue weighted by Gasteiger charge is -2.38. The molecule has 0 saturated heterocycles. The van der Waals surface area contributed by atoms with E-state index in [1.807, 2.05) is 0 Å². The molecule has 0 saturated carbocycles. The van der Waals surface area contributed by atoms with Gasteiger partial charge in [-0.1, -0.05) is 30.2 Å². The summed E-state index contributed by atoms with van der Waals surface area (Å²) in [4.78, 5) is 35.3. The molecule has 0 fully saturated rings. The molecule has 12 nitrogen and oxygen atoms in total. The first-order chi connectivity index (χ1) is 24.8. The number of esters is 1. The van der Waals surface area contributed by atoms with Gasteiger partial charge in [0.25, 0.3) is 0 Å². The highest BCUT2D eigenvalue weighted by Crippen LogP contribution is 2.42. The van der Waals surface area contributed by atoms with Crippen LogP contribution >= 0.6 is 11.3 Å². The van der Waals surface area contributed by atoms with Gasteiger partial charge in [0.1, 0.15) is 43.8 Å². The van der Waals surface area contributed by atoms with E-state index in [0.717, 1.165) is 35.9 Å². The number of nitrogens with one attached hydrogen (secondary N) is 1. The lowest BCUT2D eigenvalue weighted by atomic mass is 9.81. The van der Waals surface area contributed by atoms with Crippen molar-refractivity contribution in [3.8, 4) is 17.3 Å². The number of aliphatic hydroxyl groups is 1. The molecule has 1 unspecified atom stereocenters. The van der Waals surface area contributed by atoms with Gasteiger partial charge in [-0.3, -0.25) is 15.0 Å². The summed E-state index contributed by atoms with van der Waals surface area (Å²) in [7, 11) is 3.40. The van der Waals surface area contributed by atoms with Crippen molar-refractivity contribution in [2.45, 2.75) is 25.0 Å². The Kier molecular flexibility index (Phi) is 11.8. The van der Waals surface area contributed by atoms with E-state index in [-0.39, 0.29) is 44.1 Å². The maximum absolute atomic E-state index is 15.5. The van der Waals surface area contributed by atoms with Gasteiger partial charge in [0.2, 0.25) is 6.34 Å². The molecule has 4 aromatic rings. The maximum atomic E-state index is 15.5. The van der Waals surface area contributed by atoms with Crippen molar-refractivity contribution in [3.05, 3.63) is 105 Å². The summed E-state index contributed by atoms with van der Waals surface area (Å²) >= 11 is 1.22. The number of thiazole rings is 1. The number of carbonyl (C=O) groups excluding carboxylic acids is 2. The number of rotatable bonds is 14. The predicted molar refractivity (Wildman–Crippen MR) is 188 cm³/mol. The molecule has 0 bridgehead atoms. The third kappa shape index (κ3) is 9.06. The summed E-state index contributed by atoms with van der Waals surface area (Å²) in [6.45, 7) is 0.686. The Balaban J connectivity index is 1.34. The Morgan fingerprint density at radius 1 is 1.08 bits per heavy atom. The van der Waals surface area contributed by atoms with Crippen LogP contribution in [0.3, 0.4) is 0 Å². The van der Waals surface area contributed by atoms with Crippen LogP contribution in [0.15, 0.2) is 76.1 Å². The normalized spacial score (nSPS) is 16.7. The smallest absolute Gasteiger partial charge is 0.411 e. The van der Waals surface area contributed by atoms with Gasteiger partial charge in [-0.05, 0) is 56.6 Å². The fraction of sp³-hybridized carbons (Fsp3) is 0.278. The fourth-order valence-electron chi connectivity index (χ4n) is 5.53. The van der Waals surface area contributed by atoms with Crippen molar-refractivity contribution in [1.82, 2.24) is 9.88 Å². The molecular formula is C36H35F3N7O5S+. The van der Waals surface area contributed by atoms with Crippen LogP contribution in [-0.2, 0) is 26.5 Å². The van der Waals surface area contributed by atoms with Crippen LogP contribution in [-0.4, -0.2) is 84.7 Å². The highest BCUT2D eigenvalue weighted by atomic mass is 32.1. The van der Waals surface area contributed by atoms with Crippen molar-refractivity contribution in [2.24, 2.45) is 10.1 Å². The number of nitrogens with zero attached hydrogens (tertiary/aromatic N) is 6. The van der Waals surface area contributed by atoms with Crippen molar-refractivity contribution >= 4 is 41.8 Å². The molecule has 52 heavy (non-hydrogen) atoms. The van der Waals surface area contributed by atoms with E-state index >= 15 is 4.39 Å². The van der Waals surface area contributed by atoms with E-state index in [1.54, 1.807) is 55.6 Å². The minimum Gasteiger partial charge on any atom is -0.460 e. The molecule has 1 aliphatic heterocycles. The Labute approximate surface area is 301 Å². The first-order valence-electron chi connectivity index (χ1n) is 15.9. The van der Waals surface area contributed by atoms with Crippen LogP contribution < -0.4 is 5.32 Å². The van der Waals surface area contributed by atoms with Gasteiger partial charge >= 0.3 is 12.1 Å². The zero-order valence-corrected chi connectivity index (χ0v) is 29.2. The van der Waals surface area contributed by atoms with Crippen LogP contribution in [0.25, 0.3) is 11.3 Å². The number of ether oxygens (including phenoxy) is 2. The number of hydrogen-bond donors (Lipinski definition) is 2. The predicted octanol–water partition coefficient (Wildman–Crippen LogP) is 5.75. The SMILES string of the molecule is C[C@@H](c1nc(-c2ccc(C#N)cc2)cs1)[C@](O)(C[N+]1(CCOC(=O)Nc2cc(F)ccc2COC(=O)CN(C)C)C=NC=N1)c1cc(F)ccc1F. The summed E-state index contributed by atoms with van der Waals surface area (Å²) < 4.78 is 54.4. The summed E-state index contributed by atoms with van der Waals surface area (Å²) in [5, 5.41) is 30.6. The second-order valence-corrected chi connectivity index (χ2v) is 13.2. The van der Waals surface area contributed by atoms with Crippen molar-refractivity contribution in [2.75, 3.05) is 45.7 Å². The number of nitriles is 1. The molecular weight excluding hydrogens is 700 g/mol. The molecule has 1 aromatic heterocycles. The number of benzene rings is 3. The summed E-state index contributed by atoms with van der Waals surface area (Å²) in [6.07, 6.45) is 1.66. The average molecular weight is 735 g/mol. The van der Waals surface area contributed by atoms with Gasteiger partial charge in [-0.15, -0.1) is 15.9 Å². The maximum Gasteiger partial charge on any atom is 0.411 e. The number of aromatic nitrogens is 1. The molecule has 270 valence electrons. The Hall–Kier alpha value is -5.47. The molecule has 1 amide bonds. The number of aliphatic imine (C=N–C) groups is 1. The molecule has 3 atom stereocenters. The van der Waals surface area contributed by atoms with Gasteiger partial charge in [-0.2, -0.15) is 10.3 Å². The van der Waals surface area contributed by atoms with E-state index in [2.05, 4.69) is 21.5 Å². The van der Waals surface area contributed by atoms with Crippen molar-refractivity contribution in [1.29, 1.82) is 5.26 Å². The molecule has 3 aromatic carbocycles. The van der Waals surface area contributed by atoms with E-state index < -0.39 is 45.6 Å². The second-order valence-electron chi connectivity index (χ2n) is 12.4. The first kappa shape index (κ1) is 37.8. The Bertz CT molecular complexity index is 2020. The van der Waals surface area contributed by atoms with Crippen molar-refractivity contribution in [3.63, 3.8) is 0 Å². The number of halogens is 3. The summed E-state index contributed by atoms with van der Waals surface area (Å²) in [5.41, 5.74) is -0.333. The monoisotopic (exact) mass is 734 g/mol. The lowest BCUT2D eigenvalue weighted by Crippen LogP contribution is -2.54. The quantitative estimate of drug-likeness (QED) is 0.123. The topological polar surface area (TPSA) is 150 Å². The molecule has 0 radical (unpaired) electrons. The molecule has 16 heteroatoms. The van der Waals surface area contributed by atoms with Crippen LogP contribution in [0.4, 0.5) is 23.7 Å². The number of quaternary nitrogens is 1. The average Bonchev–Trinajstić information content (AvgIpc) is 3.79. The Morgan fingerprint density at radius 3 is 2.50 bits per heavy atom. The second kappa shape index (κ2) is 16.3. The molecule has 1 aliphatic rings. The number of anilines is 1. The number of amides is 1. The first-order valence-corrected chi connectivity index (χ1v) is 16.8. The van der Waals surface area contributed by atoms with Crippen LogP contribution in [0.2, 0.25) is 0 Å². The molecule has 5 rings (SSSR count). The van der Waals surface area contributed by atoms with Gasteiger partial charge in [0, 0.05) is 28.0 Å². The van der Waals surface area contributed by atoms with Crippen LogP contribution in [0.5, 0.6) is 0 Å². The summed E-state index contributed by atoms with van der Waals surface area (Å²) in [6, 6.07) is 15.2. The largest absolute Gasteiger partial charge is 0.460 e. The van der Waals surface area contributed by atoms with Gasteiger partial charge < -0.3 is 14.6 Å². The third-order valence-corrected chi connectivity index (χ3v) is 9.34. The number of hydrogen-bond acceptors (Lipinski definition) is 11. The zero-order chi connectivity index (χ0) is 37.5. The lowest BCUT2D eigenvalue weighted by molar-refractivity contribution is -0.848. The van der Waals surface area contributed by atoms with E-state index in [9.17, 15) is 23.5 Å². The highest BCUT2D eigenvalue weighted by Gasteiger charge is 2.49. The highest BCUT2D eigenvalue weighted by molar-refractivity contribution is 7.10. The van der Waals surface area contributed by atoms with Gasteiger partial charge in [-0.25, -0.2) is 22.9 Å². The van der Waals surface area contributed by atoms with E-state index in [4.69, 9.17) is 19.7 Å². The molecule has 0 spiro atoms. The van der Waals surface area contributed by atoms with Crippen LogP contribution in [0.1, 0.15) is 34.5 Å². The third-order valence-electron chi connectivity index (χ3n) is 8.31. The molecule has 0 aliphatic carbocycles. The van der Waals surface area contributed by atoms with Gasteiger partial charge in [0.15, 0.2) is 11.9 Å². The molecule has 2 N–H and O–H groups in total. The van der Waals surface area contributed by atoms with Crippen LogP contribution in [0, 0.1) is 28.8 Å². The Morgan fingerprint density at radius 2 is 1.81 bits per heavy atom. The summed E-state index contributed by atoms with van der Waals surface area (Å²) in [5.74, 6) is -3.70. The number of carbonyl (C=O) groups is 2. The standard InChI is InChI=1S/C36H34F3N7O5S/c1-23(34-43-32(19-52-34)25-6-4-24(16-40)5-7-25)36(49,29-14-27(37)10-11-30(29)39)20-46(22-41-21-42-46)12-13-50-35(48)44-31-15-28(38)9-8-26(31)18-51-33(47)17-45(2)3/h4-11,14-15,19,21-23,49H,12-13,17-18,20H2,1-3H3/p+1/t23-,36+,46?/m0/s1. The molecule has 2 heterocycles. The van der Waals surface area contributed by atoms with Crippen molar-refractivity contribution < 1.29 is 41.9 Å². The van der Waals surface area contributed by atoms with E-state index in [0.29, 0.717) is 21.8 Å². The van der Waals surface area contributed by atoms with Gasteiger partial charge in [0.05, 0.1) is 34.6 Å². The van der Waals surface area contributed by atoms with E-state index in [1.165, 1.54) is 30.1 Å². The zero-order valence-electron chi connectivity index (χ0n) is 28.4. The minimum absolute atomic E-state index is 0.0286.